The minimum Gasteiger partial charge on any atom is -0.405 e. The van der Waals surface area contributed by atoms with E-state index in [1.165, 1.54) is 43.0 Å². The topological polar surface area (TPSA) is 41.3 Å². The van der Waals surface area contributed by atoms with Crippen molar-refractivity contribution in [3.8, 4) is 0 Å². The van der Waals surface area contributed by atoms with Gasteiger partial charge in [0, 0.05) is 18.1 Å². The fourth-order valence-electron chi connectivity index (χ4n) is 3.93. The Morgan fingerprint density at radius 2 is 1.75 bits per heavy atom. The van der Waals surface area contributed by atoms with E-state index in [1.54, 1.807) is 0 Å². The molecule has 3 nitrogen and oxygen atoms in total. The average Bonchev–Trinajstić information content (AvgIpc) is 2.77. The van der Waals surface area contributed by atoms with Crippen LogP contribution in [0.2, 0.25) is 5.02 Å². The molecule has 3 N–H and O–H groups in total. The molecule has 0 aliphatic heterocycles. The summed E-state index contributed by atoms with van der Waals surface area (Å²) >= 11 is 6.40. The smallest absolute Gasteiger partial charge is 0.0438 e. The highest BCUT2D eigenvalue weighted by Crippen LogP contribution is 2.28. The Labute approximate surface area is 201 Å². The minimum absolute atomic E-state index is 0.519. The number of nitrogens with one attached hydrogen (secondary N) is 1. The van der Waals surface area contributed by atoms with E-state index in [1.807, 2.05) is 6.20 Å². The fourth-order valence-corrected chi connectivity index (χ4v) is 4.12. The van der Waals surface area contributed by atoms with Crippen molar-refractivity contribution in [1.29, 1.82) is 0 Å². The molecule has 0 amide bonds. The van der Waals surface area contributed by atoms with Crippen molar-refractivity contribution in [3.05, 3.63) is 95.8 Å². The zero-order valence-corrected chi connectivity index (χ0v) is 21.0. The van der Waals surface area contributed by atoms with Crippen LogP contribution < -0.4 is 11.1 Å². The number of rotatable bonds is 13. The molecule has 2 aromatic carbocycles. The van der Waals surface area contributed by atoms with Gasteiger partial charge in [0.2, 0.25) is 0 Å². The second-order valence-corrected chi connectivity index (χ2v) is 9.04. The SMILES string of the molecule is C=CN.C=CNCC(CCCC(CN(C)C)c1ccc(C)c(Cl)c1)CCc1ccccc1. The second kappa shape index (κ2) is 16.4. The Kier molecular flexibility index (Phi) is 14.3. The summed E-state index contributed by atoms with van der Waals surface area (Å²) in [6.07, 6.45) is 9.06. The van der Waals surface area contributed by atoms with Gasteiger partial charge in [0.15, 0.2) is 0 Å². The molecule has 2 aromatic rings. The Morgan fingerprint density at radius 1 is 1.06 bits per heavy atom. The quantitative estimate of drug-likeness (QED) is 0.360. The van der Waals surface area contributed by atoms with Gasteiger partial charge in [0.05, 0.1) is 0 Å². The maximum absolute atomic E-state index is 6.40. The van der Waals surface area contributed by atoms with Crippen molar-refractivity contribution >= 4 is 11.6 Å². The summed E-state index contributed by atoms with van der Waals surface area (Å²) in [5.74, 6) is 1.18. The van der Waals surface area contributed by atoms with E-state index in [-0.39, 0.29) is 0 Å². The van der Waals surface area contributed by atoms with E-state index in [2.05, 4.69) is 98.7 Å². The molecule has 0 aromatic heterocycles. The first kappa shape index (κ1) is 27.8. The summed E-state index contributed by atoms with van der Waals surface area (Å²) in [5.41, 5.74) is 8.55. The number of nitrogens with two attached hydrogens (primary N) is 1. The number of nitrogens with zero attached hydrogens (tertiary/aromatic N) is 1. The summed E-state index contributed by atoms with van der Waals surface area (Å²) in [6.45, 7) is 11.1. The number of hydrogen-bond donors (Lipinski definition) is 2. The molecule has 0 aliphatic carbocycles. The van der Waals surface area contributed by atoms with Gasteiger partial charge in [-0.2, -0.15) is 0 Å². The van der Waals surface area contributed by atoms with Crippen molar-refractivity contribution in [2.24, 2.45) is 11.7 Å². The van der Waals surface area contributed by atoms with Crippen molar-refractivity contribution in [2.45, 2.75) is 44.9 Å². The molecule has 0 aliphatic rings. The fraction of sp³-hybridized carbons (Fsp3) is 0.429. The number of aryl methyl sites for hydroxylation is 2. The second-order valence-electron chi connectivity index (χ2n) is 8.64. The van der Waals surface area contributed by atoms with E-state index in [0.29, 0.717) is 11.8 Å². The van der Waals surface area contributed by atoms with Crippen LogP contribution in [0.1, 0.15) is 48.3 Å². The van der Waals surface area contributed by atoms with E-state index in [0.717, 1.165) is 30.1 Å². The van der Waals surface area contributed by atoms with Gasteiger partial charge in [-0.25, -0.2) is 0 Å². The van der Waals surface area contributed by atoms with Crippen LogP contribution in [0.25, 0.3) is 0 Å². The molecule has 0 saturated carbocycles. The van der Waals surface area contributed by atoms with Gasteiger partial charge < -0.3 is 16.0 Å². The van der Waals surface area contributed by atoms with E-state index in [9.17, 15) is 0 Å². The third-order valence-corrected chi connectivity index (χ3v) is 6.06. The summed E-state index contributed by atoms with van der Waals surface area (Å²) < 4.78 is 0. The number of likely N-dealkylation sites (N-methyl/N-ethyl adjacent to an activating group) is 1. The van der Waals surface area contributed by atoms with Gasteiger partial charge in [-0.15, -0.1) is 0 Å². The first-order valence-corrected chi connectivity index (χ1v) is 11.9. The highest BCUT2D eigenvalue weighted by molar-refractivity contribution is 6.31. The lowest BCUT2D eigenvalue weighted by molar-refractivity contribution is 0.345. The molecule has 32 heavy (non-hydrogen) atoms. The number of hydrogen-bond acceptors (Lipinski definition) is 3. The van der Waals surface area contributed by atoms with E-state index >= 15 is 0 Å². The molecule has 2 unspecified atom stereocenters. The Balaban J connectivity index is 0.00000161. The molecule has 0 radical (unpaired) electrons. The molecule has 2 atom stereocenters. The summed E-state index contributed by atoms with van der Waals surface area (Å²) in [5, 5.41) is 4.22. The van der Waals surface area contributed by atoms with E-state index in [4.69, 9.17) is 11.6 Å². The molecule has 0 saturated heterocycles. The molecule has 0 bridgehead atoms. The summed E-state index contributed by atoms with van der Waals surface area (Å²) in [6, 6.07) is 17.4. The van der Waals surface area contributed by atoms with Crippen LogP contribution in [-0.2, 0) is 6.42 Å². The molecule has 2 rings (SSSR count). The van der Waals surface area contributed by atoms with Crippen LogP contribution in [0.4, 0.5) is 0 Å². The van der Waals surface area contributed by atoms with Crippen molar-refractivity contribution in [2.75, 3.05) is 27.2 Å². The van der Waals surface area contributed by atoms with Crippen LogP contribution in [0, 0.1) is 12.8 Å². The Hall–Kier alpha value is -2.23. The number of benzene rings is 2. The normalized spacial score (nSPS) is 12.4. The van der Waals surface area contributed by atoms with Gasteiger partial charge in [0.25, 0.3) is 0 Å². The van der Waals surface area contributed by atoms with Gasteiger partial charge in [-0.1, -0.05) is 73.6 Å². The molecule has 0 spiro atoms. The zero-order valence-electron chi connectivity index (χ0n) is 20.2. The molecule has 0 fully saturated rings. The summed E-state index contributed by atoms with van der Waals surface area (Å²) in [7, 11) is 4.30. The van der Waals surface area contributed by atoms with Crippen LogP contribution in [-0.4, -0.2) is 32.1 Å². The van der Waals surface area contributed by atoms with Crippen LogP contribution in [0.15, 0.2) is 74.1 Å². The maximum Gasteiger partial charge on any atom is 0.0438 e. The molecule has 176 valence electrons. The van der Waals surface area contributed by atoms with Crippen molar-refractivity contribution < 1.29 is 0 Å². The zero-order chi connectivity index (χ0) is 23.8. The highest BCUT2D eigenvalue weighted by Gasteiger charge is 2.16. The maximum atomic E-state index is 6.40. The van der Waals surface area contributed by atoms with Crippen molar-refractivity contribution in [1.82, 2.24) is 10.2 Å². The summed E-state index contributed by atoms with van der Waals surface area (Å²) in [4.78, 5) is 2.28. The predicted octanol–water partition coefficient (Wildman–Crippen LogP) is 6.53. The first-order valence-electron chi connectivity index (χ1n) is 11.5. The largest absolute Gasteiger partial charge is 0.405 e. The van der Waals surface area contributed by atoms with Gasteiger partial charge >= 0.3 is 0 Å². The van der Waals surface area contributed by atoms with Gasteiger partial charge in [-0.05, 0) is 93.7 Å². The standard InChI is InChI=1S/C26H37ClN2.C2H5N/c1-5-28-19-23(16-15-22-10-7-6-8-11-22)12-9-13-25(20-29(3)4)24-17-14-21(2)26(27)18-24;1-2-3/h5-8,10-11,14,17-18,23,25,28H,1,9,12-13,15-16,19-20H2,2-4H3;2H,1,3H2. The molecule has 4 heteroatoms. The predicted molar refractivity (Wildman–Crippen MR) is 142 cm³/mol. The lowest BCUT2D eigenvalue weighted by Gasteiger charge is -2.23. The minimum atomic E-state index is 0.519. The monoisotopic (exact) mass is 455 g/mol. The highest BCUT2D eigenvalue weighted by atomic mass is 35.5. The van der Waals surface area contributed by atoms with E-state index < -0.39 is 0 Å². The third kappa shape index (κ3) is 11.4. The van der Waals surface area contributed by atoms with Crippen LogP contribution in [0.3, 0.4) is 0 Å². The molecular weight excluding hydrogens is 414 g/mol. The Morgan fingerprint density at radius 3 is 2.34 bits per heavy atom. The Bertz CT molecular complexity index is 774. The van der Waals surface area contributed by atoms with Crippen LogP contribution in [0.5, 0.6) is 0 Å². The van der Waals surface area contributed by atoms with Gasteiger partial charge in [-0.3, -0.25) is 0 Å². The first-order chi connectivity index (χ1) is 15.4. The van der Waals surface area contributed by atoms with Gasteiger partial charge in [0.1, 0.15) is 0 Å². The lowest BCUT2D eigenvalue weighted by atomic mass is 9.88. The molecule has 0 heterocycles. The lowest BCUT2D eigenvalue weighted by Crippen LogP contribution is -2.22. The van der Waals surface area contributed by atoms with Crippen molar-refractivity contribution in [3.63, 3.8) is 0 Å². The van der Waals surface area contributed by atoms with Crippen LogP contribution >= 0.6 is 11.6 Å². The molecular formula is C28H42ClN3. The number of halogens is 1. The third-order valence-electron chi connectivity index (χ3n) is 5.65. The average molecular weight is 456 g/mol.